The van der Waals surface area contributed by atoms with Crippen LogP contribution in [0.25, 0.3) is 5.69 Å². The number of aromatic nitrogens is 3. The largest absolute Gasteiger partial charge is 0.335 e. The molecule has 0 radical (unpaired) electrons. The molecule has 3 rings (SSSR count). The predicted molar refractivity (Wildman–Crippen MR) is 104 cm³/mol. The number of hydrogen-bond acceptors (Lipinski definition) is 4. The van der Waals surface area contributed by atoms with Gasteiger partial charge in [-0.1, -0.05) is 37.6 Å². The molecule has 1 heterocycles. The summed E-state index contributed by atoms with van der Waals surface area (Å²) in [6.45, 7) is 5.21. The summed E-state index contributed by atoms with van der Waals surface area (Å²) < 4.78 is 1.71. The van der Waals surface area contributed by atoms with E-state index in [1.165, 1.54) is 0 Å². The first kappa shape index (κ1) is 19.4. The lowest BCUT2D eigenvalue weighted by molar-refractivity contribution is 0.0739. The molecule has 27 heavy (non-hydrogen) atoms. The Morgan fingerprint density at radius 3 is 2.74 bits per heavy atom. The fraction of sp³-hybridized carbons (Fsp3) is 0.500. The van der Waals surface area contributed by atoms with Crippen LogP contribution in [0, 0.1) is 17.2 Å². The predicted octanol–water partition coefficient (Wildman–Crippen LogP) is 4.20. The van der Waals surface area contributed by atoms with Crippen LogP contribution in [0.2, 0.25) is 5.02 Å². The molecule has 0 bridgehead atoms. The van der Waals surface area contributed by atoms with Gasteiger partial charge in [-0.3, -0.25) is 4.79 Å². The summed E-state index contributed by atoms with van der Waals surface area (Å²) in [4.78, 5) is 19.3. The smallest absolute Gasteiger partial charge is 0.293 e. The lowest BCUT2D eigenvalue weighted by atomic mass is 10.1. The molecule has 0 unspecified atom stereocenters. The van der Waals surface area contributed by atoms with Crippen molar-refractivity contribution in [3.05, 3.63) is 40.9 Å². The maximum Gasteiger partial charge on any atom is 0.293 e. The summed E-state index contributed by atoms with van der Waals surface area (Å²) in [6, 6.07) is 9.55. The molecule has 142 valence electrons. The summed E-state index contributed by atoms with van der Waals surface area (Å²) in [5, 5.41) is 14.0. The molecular weight excluding hydrogens is 362 g/mol. The molecule has 1 aromatic heterocycles. The summed E-state index contributed by atoms with van der Waals surface area (Å²) in [7, 11) is 0. The molecule has 0 atom stereocenters. The van der Waals surface area contributed by atoms with Gasteiger partial charge in [0.15, 0.2) is 0 Å². The minimum Gasteiger partial charge on any atom is -0.335 e. The van der Waals surface area contributed by atoms with E-state index in [1.54, 1.807) is 15.6 Å². The van der Waals surface area contributed by atoms with Crippen molar-refractivity contribution in [3.8, 4) is 11.8 Å². The maximum absolute atomic E-state index is 13.0. The van der Waals surface area contributed by atoms with Gasteiger partial charge in [-0.25, -0.2) is 9.67 Å². The number of benzene rings is 1. The van der Waals surface area contributed by atoms with Crippen LogP contribution in [0.5, 0.6) is 0 Å². The molecule has 1 aromatic carbocycles. The fourth-order valence-electron chi connectivity index (χ4n) is 2.88. The molecule has 0 aliphatic heterocycles. The Morgan fingerprint density at radius 1 is 1.37 bits per heavy atom. The van der Waals surface area contributed by atoms with Gasteiger partial charge in [0, 0.05) is 19.0 Å². The third kappa shape index (κ3) is 4.67. The van der Waals surface area contributed by atoms with E-state index >= 15 is 0 Å². The number of carbonyl (C=O) groups excluding carboxylic acids is 1. The SMILES string of the molecule is CC(C)CCN(CCC#N)C(=O)c1nc(C2CC2)n(-c2ccccc2Cl)n1. The van der Waals surface area contributed by atoms with E-state index in [9.17, 15) is 4.79 Å². The third-order valence-electron chi connectivity index (χ3n) is 4.60. The highest BCUT2D eigenvalue weighted by atomic mass is 35.5. The van der Waals surface area contributed by atoms with Crippen LogP contribution in [0.15, 0.2) is 24.3 Å². The van der Waals surface area contributed by atoms with Crippen molar-refractivity contribution in [1.29, 1.82) is 5.26 Å². The Labute approximate surface area is 164 Å². The van der Waals surface area contributed by atoms with E-state index in [2.05, 4.69) is 30.0 Å². The van der Waals surface area contributed by atoms with Gasteiger partial charge in [0.05, 0.1) is 23.2 Å². The Morgan fingerprint density at radius 2 is 2.11 bits per heavy atom. The Bertz CT molecular complexity index is 850. The first-order chi connectivity index (χ1) is 13.0. The Kier molecular flexibility index (Phi) is 6.12. The van der Waals surface area contributed by atoms with E-state index in [1.807, 2.05) is 18.2 Å². The molecule has 2 aromatic rings. The normalized spacial score (nSPS) is 13.6. The van der Waals surface area contributed by atoms with Crippen LogP contribution in [0.4, 0.5) is 0 Å². The average Bonchev–Trinajstić information content (AvgIpc) is 3.40. The summed E-state index contributed by atoms with van der Waals surface area (Å²) in [5.41, 5.74) is 0.735. The molecule has 1 aliphatic carbocycles. The standard InChI is InChI=1S/C20H24ClN5O/c1-14(2)10-13-25(12-5-11-22)20(27)18-23-19(15-8-9-15)26(24-18)17-7-4-3-6-16(17)21/h3-4,6-7,14-15H,5,8-10,12-13H2,1-2H3. The van der Waals surface area contributed by atoms with Crippen molar-refractivity contribution in [3.63, 3.8) is 0 Å². The van der Waals surface area contributed by atoms with Crippen molar-refractivity contribution >= 4 is 17.5 Å². The van der Waals surface area contributed by atoms with Gasteiger partial charge < -0.3 is 4.90 Å². The van der Waals surface area contributed by atoms with E-state index < -0.39 is 0 Å². The van der Waals surface area contributed by atoms with Crippen molar-refractivity contribution in [1.82, 2.24) is 19.7 Å². The summed E-state index contributed by atoms with van der Waals surface area (Å²) in [5.74, 6) is 1.53. The zero-order chi connectivity index (χ0) is 19.4. The van der Waals surface area contributed by atoms with E-state index in [-0.39, 0.29) is 11.7 Å². The van der Waals surface area contributed by atoms with E-state index in [0.717, 1.165) is 30.8 Å². The zero-order valence-corrected chi connectivity index (χ0v) is 16.5. The second-order valence-corrected chi connectivity index (χ2v) is 7.72. The van der Waals surface area contributed by atoms with Crippen molar-refractivity contribution < 1.29 is 4.79 Å². The highest BCUT2D eigenvalue weighted by Crippen LogP contribution is 2.40. The second-order valence-electron chi connectivity index (χ2n) is 7.31. The number of halogens is 1. The number of nitriles is 1. The van der Waals surface area contributed by atoms with Crippen LogP contribution >= 0.6 is 11.6 Å². The molecule has 1 aliphatic rings. The van der Waals surface area contributed by atoms with Gasteiger partial charge in [0.2, 0.25) is 5.82 Å². The molecule has 1 fully saturated rings. The topological polar surface area (TPSA) is 74.8 Å². The van der Waals surface area contributed by atoms with Crippen LogP contribution in [-0.2, 0) is 0 Å². The van der Waals surface area contributed by atoms with Crippen LogP contribution in [-0.4, -0.2) is 38.7 Å². The number of hydrogen-bond donors (Lipinski definition) is 0. The van der Waals surface area contributed by atoms with Gasteiger partial charge in [0.1, 0.15) is 5.82 Å². The monoisotopic (exact) mass is 385 g/mol. The molecular formula is C20H24ClN5O. The van der Waals surface area contributed by atoms with E-state index in [4.69, 9.17) is 16.9 Å². The van der Waals surface area contributed by atoms with Gasteiger partial charge in [-0.15, -0.1) is 5.10 Å². The van der Waals surface area contributed by atoms with Crippen LogP contribution in [0.1, 0.15) is 61.9 Å². The summed E-state index contributed by atoms with van der Waals surface area (Å²) in [6.07, 6.45) is 3.26. The van der Waals surface area contributed by atoms with Crippen molar-refractivity contribution in [2.45, 2.75) is 45.4 Å². The minimum atomic E-state index is -0.224. The minimum absolute atomic E-state index is 0.179. The lowest BCUT2D eigenvalue weighted by Crippen LogP contribution is -2.34. The second kappa shape index (κ2) is 8.53. The highest BCUT2D eigenvalue weighted by Gasteiger charge is 2.33. The number of nitrogens with zero attached hydrogens (tertiary/aromatic N) is 5. The molecule has 0 spiro atoms. The van der Waals surface area contributed by atoms with Crippen LogP contribution < -0.4 is 0 Å². The Balaban J connectivity index is 1.91. The van der Waals surface area contributed by atoms with Gasteiger partial charge in [0.25, 0.3) is 5.91 Å². The number of carbonyl (C=O) groups is 1. The Hall–Kier alpha value is -2.39. The molecule has 1 saturated carbocycles. The first-order valence-electron chi connectivity index (χ1n) is 9.39. The average molecular weight is 386 g/mol. The number of rotatable bonds is 8. The highest BCUT2D eigenvalue weighted by molar-refractivity contribution is 6.32. The molecule has 7 heteroatoms. The van der Waals surface area contributed by atoms with Gasteiger partial charge in [-0.2, -0.15) is 5.26 Å². The van der Waals surface area contributed by atoms with Gasteiger partial charge in [-0.05, 0) is 37.3 Å². The number of amides is 1. The van der Waals surface area contributed by atoms with E-state index in [0.29, 0.717) is 36.4 Å². The molecule has 0 saturated heterocycles. The molecule has 1 amide bonds. The fourth-order valence-corrected chi connectivity index (χ4v) is 3.09. The zero-order valence-electron chi connectivity index (χ0n) is 15.7. The molecule has 0 N–H and O–H groups in total. The quantitative estimate of drug-likeness (QED) is 0.682. The van der Waals surface area contributed by atoms with Crippen LogP contribution in [0.3, 0.4) is 0 Å². The number of para-hydroxylation sites is 1. The van der Waals surface area contributed by atoms with Gasteiger partial charge >= 0.3 is 0 Å². The van der Waals surface area contributed by atoms with Crippen molar-refractivity contribution in [2.75, 3.05) is 13.1 Å². The third-order valence-corrected chi connectivity index (χ3v) is 4.92. The lowest BCUT2D eigenvalue weighted by Gasteiger charge is -2.21. The first-order valence-corrected chi connectivity index (χ1v) is 9.77. The maximum atomic E-state index is 13.0. The summed E-state index contributed by atoms with van der Waals surface area (Å²) >= 11 is 6.34. The molecule has 6 nitrogen and oxygen atoms in total. The van der Waals surface area contributed by atoms with Crippen molar-refractivity contribution in [2.24, 2.45) is 5.92 Å².